The molecule has 3 rings (SSSR count). The zero-order valence-corrected chi connectivity index (χ0v) is 17.1. The quantitative estimate of drug-likeness (QED) is 0.676. The summed E-state index contributed by atoms with van der Waals surface area (Å²) >= 11 is 0. The monoisotopic (exact) mass is 422 g/mol. The molecule has 0 bridgehead atoms. The molecular weight excluding hydrogens is 393 g/mol. The van der Waals surface area contributed by atoms with Gasteiger partial charge in [-0.1, -0.05) is 24.3 Å². The number of hydrogen-bond donors (Lipinski definition) is 1. The average Bonchev–Trinajstić information content (AvgIpc) is 2.76. The van der Waals surface area contributed by atoms with Crippen LogP contribution in [0, 0.1) is 11.8 Å². The Labute approximate surface area is 175 Å². The molecule has 1 aromatic carbocycles. The molecule has 1 aliphatic heterocycles. The van der Waals surface area contributed by atoms with E-state index in [0.717, 1.165) is 63.7 Å². The Hall–Kier alpha value is -2.31. The highest BCUT2D eigenvalue weighted by Gasteiger charge is 2.30. The second kappa shape index (κ2) is 10.1. The van der Waals surface area contributed by atoms with Crippen LogP contribution in [-0.2, 0) is 22.3 Å². The number of nitrogens with one attached hydrogen (secondary N) is 1. The van der Waals surface area contributed by atoms with Crippen LogP contribution in [0.4, 0.5) is 13.2 Å². The first-order chi connectivity index (χ1) is 14.3. The maximum absolute atomic E-state index is 12.8. The van der Waals surface area contributed by atoms with E-state index < -0.39 is 11.7 Å². The summed E-state index contributed by atoms with van der Waals surface area (Å²) in [5.74, 6) is 0.629. The third kappa shape index (κ3) is 6.34. The molecule has 0 spiro atoms. The lowest BCUT2D eigenvalue weighted by Crippen LogP contribution is -2.42. The molecule has 4 nitrogen and oxygen atoms in total. The standard InChI is InChI=1S/C23H29F3N2O2/c24-23(25,26)20-8-4-5-18(15-20)16-27-21(29)10-9-17-11-13-28(14-12-17)22(30)19-6-2-1-3-7-19/h1-2,4-5,8,15,17,19H,3,6-7,9-14,16H2,(H,27,29). The zero-order chi connectivity index (χ0) is 21.6. The molecule has 1 aliphatic carbocycles. The molecule has 1 atom stereocenters. The lowest BCUT2D eigenvalue weighted by molar-refractivity contribution is -0.138. The van der Waals surface area contributed by atoms with Crippen LogP contribution in [0.3, 0.4) is 0 Å². The van der Waals surface area contributed by atoms with E-state index in [9.17, 15) is 22.8 Å². The smallest absolute Gasteiger partial charge is 0.352 e. The van der Waals surface area contributed by atoms with Gasteiger partial charge >= 0.3 is 6.18 Å². The van der Waals surface area contributed by atoms with Gasteiger partial charge in [-0.05, 0) is 62.1 Å². The van der Waals surface area contributed by atoms with Gasteiger partial charge in [0.15, 0.2) is 0 Å². The molecule has 2 aliphatic rings. The second-order valence-corrected chi connectivity index (χ2v) is 8.26. The largest absolute Gasteiger partial charge is 0.416 e. The number of hydrogen-bond acceptors (Lipinski definition) is 2. The Morgan fingerprint density at radius 3 is 2.53 bits per heavy atom. The van der Waals surface area contributed by atoms with Crippen molar-refractivity contribution in [3.63, 3.8) is 0 Å². The van der Waals surface area contributed by atoms with Gasteiger partial charge < -0.3 is 10.2 Å². The van der Waals surface area contributed by atoms with E-state index in [1.807, 2.05) is 4.90 Å². The minimum atomic E-state index is -4.38. The number of nitrogens with zero attached hydrogens (tertiary/aromatic N) is 1. The van der Waals surface area contributed by atoms with Crippen LogP contribution < -0.4 is 5.32 Å². The summed E-state index contributed by atoms with van der Waals surface area (Å²) in [6, 6.07) is 5.01. The van der Waals surface area contributed by atoms with Gasteiger partial charge in [-0.2, -0.15) is 13.2 Å². The van der Waals surface area contributed by atoms with Gasteiger partial charge in [0, 0.05) is 32.0 Å². The first-order valence-corrected chi connectivity index (χ1v) is 10.7. The van der Waals surface area contributed by atoms with Crippen LogP contribution in [0.25, 0.3) is 0 Å². The van der Waals surface area contributed by atoms with Crippen LogP contribution in [-0.4, -0.2) is 29.8 Å². The average molecular weight is 422 g/mol. The number of carbonyl (C=O) groups excluding carboxylic acids is 2. The fourth-order valence-corrected chi connectivity index (χ4v) is 4.20. The van der Waals surface area contributed by atoms with Crippen molar-refractivity contribution in [2.24, 2.45) is 11.8 Å². The van der Waals surface area contributed by atoms with Crippen molar-refractivity contribution < 1.29 is 22.8 Å². The summed E-state index contributed by atoms with van der Waals surface area (Å²) in [5, 5.41) is 2.71. The van der Waals surface area contributed by atoms with Gasteiger partial charge in [0.1, 0.15) is 0 Å². The van der Waals surface area contributed by atoms with Crippen LogP contribution in [0.2, 0.25) is 0 Å². The molecule has 0 radical (unpaired) electrons. The molecule has 1 fully saturated rings. The number of benzene rings is 1. The molecule has 1 aromatic rings. The predicted molar refractivity (Wildman–Crippen MR) is 108 cm³/mol. The van der Waals surface area contributed by atoms with E-state index in [0.29, 0.717) is 17.9 Å². The summed E-state index contributed by atoms with van der Waals surface area (Å²) in [7, 11) is 0. The molecular formula is C23H29F3N2O2. The van der Waals surface area contributed by atoms with Crippen molar-refractivity contribution in [3.8, 4) is 0 Å². The van der Waals surface area contributed by atoms with Crippen LogP contribution >= 0.6 is 0 Å². The Balaban J connectivity index is 1.36. The number of rotatable bonds is 6. The highest BCUT2D eigenvalue weighted by atomic mass is 19.4. The number of likely N-dealkylation sites (tertiary alicyclic amines) is 1. The highest BCUT2D eigenvalue weighted by molar-refractivity contribution is 5.79. The summed E-state index contributed by atoms with van der Waals surface area (Å²) in [5.41, 5.74) is -0.276. The molecule has 1 unspecified atom stereocenters. The maximum Gasteiger partial charge on any atom is 0.416 e. The lowest BCUT2D eigenvalue weighted by atomic mass is 9.89. The van der Waals surface area contributed by atoms with Gasteiger partial charge in [-0.25, -0.2) is 0 Å². The highest BCUT2D eigenvalue weighted by Crippen LogP contribution is 2.29. The van der Waals surface area contributed by atoms with Gasteiger partial charge in [0.05, 0.1) is 5.56 Å². The maximum atomic E-state index is 12.8. The van der Waals surface area contributed by atoms with E-state index in [-0.39, 0.29) is 24.3 Å². The third-order valence-electron chi connectivity index (χ3n) is 6.07. The molecule has 2 amide bonds. The number of carbonyl (C=O) groups is 2. The van der Waals surface area contributed by atoms with Crippen LogP contribution in [0.1, 0.15) is 56.1 Å². The Bertz CT molecular complexity index is 768. The first-order valence-electron chi connectivity index (χ1n) is 10.7. The topological polar surface area (TPSA) is 49.4 Å². The van der Waals surface area contributed by atoms with Crippen molar-refractivity contribution in [2.45, 2.75) is 57.7 Å². The number of halogens is 3. The van der Waals surface area contributed by atoms with E-state index in [1.165, 1.54) is 6.07 Å². The molecule has 0 aromatic heterocycles. The van der Waals surface area contributed by atoms with Crippen molar-refractivity contribution in [1.29, 1.82) is 0 Å². The SMILES string of the molecule is O=C(CCC1CCN(C(=O)C2CC=CCC2)CC1)NCc1cccc(C(F)(F)F)c1. The Morgan fingerprint density at radius 1 is 1.10 bits per heavy atom. The van der Waals surface area contributed by atoms with Crippen molar-refractivity contribution in [1.82, 2.24) is 10.2 Å². The van der Waals surface area contributed by atoms with E-state index in [4.69, 9.17) is 0 Å². The molecule has 164 valence electrons. The summed E-state index contributed by atoms with van der Waals surface area (Å²) < 4.78 is 38.3. The van der Waals surface area contributed by atoms with Gasteiger partial charge in [-0.3, -0.25) is 9.59 Å². The number of alkyl halides is 3. The van der Waals surface area contributed by atoms with Crippen LogP contribution in [0.5, 0.6) is 0 Å². The summed E-state index contributed by atoms with van der Waals surface area (Å²) in [6.07, 6.45) is 5.47. The molecule has 0 saturated carbocycles. The zero-order valence-electron chi connectivity index (χ0n) is 17.1. The Morgan fingerprint density at radius 2 is 1.87 bits per heavy atom. The first kappa shape index (κ1) is 22.4. The number of piperidine rings is 1. The molecule has 1 heterocycles. The van der Waals surface area contributed by atoms with Crippen LogP contribution in [0.15, 0.2) is 36.4 Å². The van der Waals surface area contributed by atoms with E-state index in [2.05, 4.69) is 17.5 Å². The van der Waals surface area contributed by atoms with E-state index in [1.54, 1.807) is 6.07 Å². The van der Waals surface area contributed by atoms with Gasteiger partial charge in [0.25, 0.3) is 0 Å². The van der Waals surface area contributed by atoms with E-state index >= 15 is 0 Å². The minimum absolute atomic E-state index is 0.0888. The molecule has 1 N–H and O–H groups in total. The van der Waals surface area contributed by atoms with Crippen molar-refractivity contribution in [2.75, 3.05) is 13.1 Å². The van der Waals surface area contributed by atoms with Crippen molar-refractivity contribution in [3.05, 3.63) is 47.5 Å². The summed E-state index contributed by atoms with van der Waals surface area (Å²) in [6.45, 7) is 1.58. The molecule has 1 saturated heterocycles. The second-order valence-electron chi connectivity index (χ2n) is 8.26. The fourth-order valence-electron chi connectivity index (χ4n) is 4.20. The normalized spacial score (nSPS) is 20.2. The minimum Gasteiger partial charge on any atom is -0.352 e. The number of amides is 2. The fraction of sp³-hybridized carbons (Fsp3) is 0.565. The number of allylic oxidation sites excluding steroid dienone is 2. The molecule has 30 heavy (non-hydrogen) atoms. The van der Waals surface area contributed by atoms with Crippen molar-refractivity contribution >= 4 is 11.8 Å². The summed E-state index contributed by atoms with van der Waals surface area (Å²) in [4.78, 5) is 26.7. The lowest BCUT2D eigenvalue weighted by Gasteiger charge is -2.34. The Kier molecular flexibility index (Phi) is 7.56. The predicted octanol–water partition coefficient (Wildman–Crippen LogP) is 4.70. The molecule has 7 heteroatoms. The van der Waals surface area contributed by atoms with Gasteiger partial charge in [-0.15, -0.1) is 0 Å². The van der Waals surface area contributed by atoms with Gasteiger partial charge in [0.2, 0.25) is 11.8 Å². The third-order valence-corrected chi connectivity index (χ3v) is 6.07.